The summed E-state index contributed by atoms with van der Waals surface area (Å²) >= 11 is 5.81. The largest absolute Gasteiger partial charge is 0.376 e. The molecule has 0 aliphatic carbocycles. The number of nitrogens with one attached hydrogen (secondary N) is 1. The van der Waals surface area contributed by atoms with Crippen LogP contribution in [0.5, 0.6) is 0 Å². The zero-order valence-electron chi connectivity index (χ0n) is 10.0. The standard InChI is InChI=1S/C11H13ClN2O4S/c12-8-3-4-11(14(15)16)10(6-8)13-9-2-1-5-19(17,18)7-9/h3-4,6,9,13H,1-2,5,7H2. The third-order valence-electron chi connectivity index (χ3n) is 2.98. The number of nitrogens with zero attached hydrogens (tertiary/aromatic N) is 1. The van der Waals surface area contributed by atoms with Crippen LogP contribution in [0.2, 0.25) is 5.02 Å². The minimum atomic E-state index is -3.06. The van der Waals surface area contributed by atoms with Gasteiger partial charge in [-0.3, -0.25) is 10.1 Å². The van der Waals surface area contributed by atoms with E-state index in [0.717, 1.165) is 0 Å². The average molecular weight is 305 g/mol. The number of halogens is 1. The Morgan fingerprint density at radius 1 is 1.42 bits per heavy atom. The Morgan fingerprint density at radius 3 is 2.79 bits per heavy atom. The summed E-state index contributed by atoms with van der Waals surface area (Å²) in [4.78, 5) is 10.4. The van der Waals surface area contributed by atoms with Crippen molar-refractivity contribution in [2.45, 2.75) is 18.9 Å². The van der Waals surface area contributed by atoms with Crippen LogP contribution in [-0.4, -0.2) is 30.9 Å². The maximum absolute atomic E-state index is 11.5. The van der Waals surface area contributed by atoms with Crippen molar-refractivity contribution in [2.75, 3.05) is 16.8 Å². The van der Waals surface area contributed by atoms with Crippen molar-refractivity contribution in [1.82, 2.24) is 0 Å². The average Bonchev–Trinajstić information content (AvgIpc) is 2.27. The Kier molecular flexibility index (Phi) is 3.96. The molecule has 1 heterocycles. The molecule has 2 rings (SSSR count). The first-order valence-electron chi connectivity index (χ1n) is 5.78. The van der Waals surface area contributed by atoms with Gasteiger partial charge in [0.25, 0.3) is 5.69 Å². The van der Waals surface area contributed by atoms with Crippen LogP contribution in [0, 0.1) is 10.1 Å². The van der Waals surface area contributed by atoms with Gasteiger partial charge < -0.3 is 5.32 Å². The Labute approximate surface area is 115 Å². The maximum Gasteiger partial charge on any atom is 0.292 e. The van der Waals surface area contributed by atoms with Crippen LogP contribution in [0.3, 0.4) is 0 Å². The molecule has 0 amide bonds. The lowest BCUT2D eigenvalue weighted by Crippen LogP contribution is -2.34. The summed E-state index contributed by atoms with van der Waals surface area (Å²) in [6, 6.07) is 3.88. The number of hydrogen-bond donors (Lipinski definition) is 1. The fraction of sp³-hybridized carbons (Fsp3) is 0.455. The van der Waals surface area contributed by atoms with Gasteiger partial charge in [-0.25, -0.2) is 8.42 Å². The van der Waals surface area contributed by atoms with Crippen molar-refractivity contribution in [3.8, 4) is 0 Å². The van der Waals surface area contributed by atoms with E-state index >= 15 is 0 Å². The van der Waals surface area contributed by atoms with Crippen molar-refractivity contribution < 1.29 is 13.3 Å². The third-order valence-corrected chi connectivity index (χ3v) is 5.03. The first-order chi connectivity index (χ1) is 8.87. The predicted octanol–water partition coefficient (Wildman–Crippen LogP) is 2.24. The third kappa shape index (κ3) is 3.57. The van der Waals surface area contributed by atoms with Gasteiger partial charge in [0.2, 0.25) is 0 Å². The normalized spacial score (nSPS) is 21.8. The lowest BCUT2D eigenvalue weighted by molar-refractivity contribution is -0.384. The van der Waals surface area contributed by atoms with Crippen molar-refractivity contribution >= 4 is 32.8 Å². The van der Waals surface area contributed by atoms with Crippen LogP contribution < -0.4 is 5.32 Å². The molecule has 0 aromatic heterocycles. The molecule has 1 N–H and O–H groups in total. The maximum atomic E-state index is 11.5. The van der Waals surface area contributed by atoms with E-state index in [-0.39, 0.29) is 28.9 Å². The number of nitro benzene ring substituents is 1. The Hall–Kier alpha value is -1.34. The van der Waals surface area contributed by atoms with E-state index in [2.05, 4.69) is 5.32 Å². The highest BCUT2D eigenvalue weighted by atomic mass is 35.5. The van der Waals surface area contributed by atoms with Gasteiger partial charge in [-0.1, -0.05) is 11.6 Å². The molecule has 104 valence electrons. The van der Waals surface area contributed by atoms with E-state index in [1.54, 1.807) is 0 Å². The summed E-state index contributed by atoms with van der Waals surface area (Å²) in [6.07, 6.45) is 1.23. The zero-order chi connectivity index (χ0) is 14.0. The molecule has 1 aliphatic heterocycles. The molecule has 1 aromatic rings. The molecule has 1 unspecified atom stereocenters. The summed E-state index contributed by atoms with van der Waals surface area (Å²) in [7, 11) is -3.06. The van der Waals surface area contributed by atoms with Crippen molar-refractivity contribution in [3.05, 3.63) is 33.3 Å². The monoisotopic (exact) mass is 304 g/mol. The van der Waals surface area contributed by atoms with E-state index in [4.69, 9.17) is 11.6 Å². The summed E-state index contributed by atoms with van der Waals surface area (Å²) in [5, 5.41) is 14.2. The number of sulfone groups is 1. The Morgan fingerprint density at radius 2 is 2.16 bits per heavy atom. The number of hydrogen-bond acceptors (Lipinski definition) is 5. The minimum Gasteiger partial charge on any atom is -0.376 e. The van der Waals surface area contributed by atoms with Crippen molar-refractivity contribution in [2.24, 2.45) is 0 Å². The van der Waals surface area contributed by atoms with E-state index in [0.29, 0.717) is 17.9 Å². The van der Waals surface area contributed by atoms with Gasteiger partial charge >= 0.3 is 0 Å². The molecule has 1 aliphatic rings. The lowest BCUT2D eigenvalue weighted by Gasteiger charge is -2.23. The van der Waals surface area contributed by atoms with Crippen LogP contribution in [0.15, 0.2) is 18.2 Å². The second kappa shape index (κ2) is 5.34. The van der Waals surface area contributed by atoms with Gasteiger partial charge in [0.15, 0.2) is 9.84 Å². The van der Waals surface area contributed by atoms with Crippen molar-refractivity contribution in [3.63, 3.8) is 0 Å². The molecule has 0 radical (unpaired) electrons. The highest BCUT2D eigenvalue weighted by molar-refractivity contribution is 7.91. The van der Waals surface area contributed by atoms with Gasteiger partial charge in [-0.05, 0) is 25.0 Å². The van der Waals surface area contributed by atoms with Gasteiger partial charge in [0.05, 0.1) is 16.4 Å². The first kappa shape index (κ1) is 14.1. The van der Waals surface area contributed by atoms with Crippen LogP contribution in [0.1, 0.15) is 12.8 Å². The molecule has 1 fully saturated rings. The summed E-state index contributed by atoms with van der Waals surface area (Å²) in [5.41, 5.74) is 0.159. The SMILES string of the molecule is O=[N+]([O-])c1ccc(Cl)cc1NC1CCCS(=O)(=O)C1. The highest BCUT2D eigenvalue weighted by Crippen LogP contribution is 2.29. The molecular weight excluding hydrogens is 292 g/mol. The molecule has 1 saturated heterocycles. The molecule has 0 saturated carbocycles. The van der Waals surface area contributed by atoms with Crippen LogP contribution in [0.25, 0.3) is 0 Å². The smallest absolute Gasteiger partial charge is 0.292 e. The highest BCUT2D eigenvalue weighted by Gasteiger charge is 2.26. The number of rotatable bonds is 3. The molecule has 1 aromatic carbocycles. The van der Waals surface area contributed by atoms with Crippen LogP contribution >= 0.6 is 11.6 Å². The molecule has 6 nitrogen and oxygen atoms in total. The first-order valence-corrected chi connectivity index (χ1v) is 7.98. The molecule has 0 spiro atoms. The molecule has 19 heavy (non-hydrogen) atoms. The summed E-state index contributed by atoms with van der Waals surface area (Å²) < 4.78 is 23.1. The lowest BCUT2D eigenvalue weighted by atomic mass is 10.1. The van der Waals surface area contributed by atoms with Crippen molar-refractivity contribution in [1.29, 1.82) is 0 Å². The zero-order valence-corrected chi connectivity index (χ0v) is 11.6. The Balaban J connectivity index is 2.23. The molecule has 8 heteroatoms. The summed E-state index contributed by atoms with van der Waals surface area (Å²) in [6.45, 7) is 0. The predicted molar refractivity (Wildman–Crippen MR) is 73.4 cm³/mol. The fourth-order valence-corrected chi connectivity index (χ4v) is 3.95. The van der Waals surface area contributed by atoms with E-state index < -0.39 is 14.8 Å². The molecular formula is C11H13ClN2O4S. The van der Waals surface area contributed by atoms with Crippen LogP contribution in [0.4, 0.5) is 11.4 Å². The second-order valence-electron chi connectivity index (χ2n) is 4.52. The second-order valence-corrected chi connectivity index (χ2v) is 7.18. The number of anilines is 1. The number of benzene rings is 1. The quantitative estimate of drug-likeness (QED) is 0.683. The summed E-state index contributed by atoms with van der Waals surface area (Å²) in [5.74, 6) is 0.180. The van der Waals surface area contributed by atoms with Gasteiger partial charge in [0.1, 0.15) is 5.69 Å². The van der Waals surface area contributed by atoms with E-state index in [9.17, 15) is 18.5 Å². The van der Waals surface area contributed by atoms with Crippen LogP contribution in [-0.2, 0) is 9.84 Å². The van der Waals surface area contributed by atoms with E-state index in [1.807, 2.05) is 0 Å². The van der Waals surface area contributed by atoms with Gasteiger partial charge in [-0.2, -0.15) is 0 Å². The van der Waals surface area contributed by atoms with Gasteiger partial charge in [-0.15, -0.1) is 0 Å². The van der Waals surface area contributed by atoms with E-state index in [1.165, 1.54) is 18.2 Å². The molecule has 0 bridgehead atoms. The molecule has 1 atom stereocenters. The Bertz CT molecular complexity index is 603. The van der Waals surface area contributed by atoms with Gasteiger partial charge in [0, 0.05) is 17.1 Å². The minimum absolute atomic E-state index is 0.00331. The fourth-order valence-electron chi connectivity index (χ4n) is 2.14. The number of nitro groups is 1. The topological polar surface area (TPSA) is 89.3 Å².